The number of carbonyl (C=O) groups is 5. The molecular formula is C16H25N7O6S. The fraction of sp³-hybridized carbons (Fsp3) is 0.500. The zero-order chi connectivity index (χ0) is 22.8. The van der Waals surface area contributed by atoms with Crippen LogP contribution in [-0.2, 0) is 30.4 Å². The zero-order valence-electron chi connectivity index (χ0n) is 16.1. The van der Waals surface area contributed by atoms with E-state index in [0.29, 0.717) is 5.69 Å². The zero-order valence-corrected chi connectivity index (χ0v) is 17.0. The van der Waals surface area contributed by atoms with Crippen LogP contribution in [0.5, 0.6) is 0 Å². The molecular weight excluding hydrogens is 418 g/mol. The van der Waals surface area contributed by atoms with Crippen molar-refractivity contribution in [2.45, 2.75) is 43.9 Å². The van der Waals surface area contributed by atoms with Crippen LogP contribution in [0.1, 0.15) is 19.0 Å². The van der Waals surface area contributed by atoms with Crippen molar-refractivity contribution >= 4 is 42.2 Å². The molecule has 0 saturated carbocycles. The maximum absolute atomic E-state index is 12.3. The Hall–Kier alpha value is -3.13. The maximum atomic E-state index is 12.3. The van der Waals surface area contributed by atoms with Crippen LogP contribution in [-0.4, -0.2) is 74.6 Å². The van der Waals surface area contributed by atoms with Crippen LogP contribution in [0.15, 0.2) is 12.5 Å². The van der Waals surface area contributed by atoms with E-state index < -0.39 is 60.2 Å². The second-order valence-corrected chi connectivity index (χ2v) is 6.80. The minimum Gasteiger partial charge on any atom is -0.480 e. The summed E-state index contributed by atoms with van der Waals surface area (Å²) < 4.78 is 0. The molecule has 13 nitrogen and oxygen atoms in total. The van der Waals surface area contributed by atoms with Crippen LogP contribution >= 0.6 is 12.6 Å². The molecule has 0 spiro atoms. The number of primary amides is 1. The number of carbonyl (C=O) groups excluding carboxylic acids is 4. The average molecular weight is 443 g/mol. The van der Waals surface area contributed by atoms with Crippen LogP contribution in [0.2, 0.25) is 0 Å². The van der Waals surface area contributed by atoms with E-state index in [4.69, 9.17) is 11.5 Å². The maximum Gasteiger partial charge on any atom is 0.326 e. The number of aromatic nitrogens is 2. The van der Waals surface area contributed by atoms with E-state index in [1.807, 2.05) is 0 Å². The van der Waals surface area contributed by atoms with E-state index in [-0.39, 0.29) is 12.2 Å². The summed E-state index contributed by atoms with van der Waals surface area (Å²) in [6.45, 7) is 1.35. The van der Waals surface area contributed by atoms with Crippen molar-refractivity contribution in [2.24, 2.45) is 11.5 Å². The summed E-state index contributed by atoms with van der Waals surface area (Å²) >= 11 is 3.98. The fourth-order valence-electron chi connectivity index (χ4n) is 2.27. The molecule has 0 aliphatic heterocycles. The van der Waals surface area contributed by atoms with Crippen molar-refractivity contribution in [1.29, 1.82) is 0 Å². The summed E-state index contributed by atoms with van der Waals surface area (Å²) in [5.41, 5.74) is 11.0. The minimum absolute atomic E-state index is 0.0329. The van der Waals surface area contributed by atoms with E-state index in [2.05, 4.69) is 38.5 Å². The van der Waals surface area contributed by atoms with Crippen molar-refractivity contribution in [3.8, 4) is 0 Å². The molecule has 14 heteroatoms. The SMILES string of the molecule is CC(NC(=O)C(CS)NC(=O)C(N)CC(N)=O)C(=O)NC(Cc1cnc[nH]1)C(=O)O. The van der Waals surface area contributed by atoms with Gasteiger partial charge >= 0.3 is 5.97 Å². The van der Waals surface area contributed by atoms with Crippen molar-refractivity contribution in [1.82, 2.24) is 25.9 Å². The van der Waals surface area contributed by atoms with Crippen LogP contribution in [0.4, 0.5) is 0 Å². The number of H-pyrrole nitrogens is 1. The van der Waals surface area contributed by atoms with Gasteiger partial charge in [0.15, 0.2) is 0 Å². The highest BCUT2D eigenvalue weighted by Gasteiger charge is 2.28. The summed E-state index contributed by atoms with van der Waals surface area (Å²) in [4.78, 5) is 65.3. The van der Waals surface area contributed by atoms with Gasteiger partial charge in [-0.2, -0.15) is 12.6 Å². The molecule has 0 aromatic carbocycles. The molecule has 1 heterocycles. The van der Waals surface area contributed by atoms with E-state index in [9.17, 15) is 29.1 Å². The molecule has 0 fully saturated rings. The van der Waals surface area contributed by atoms with Crippen molar-refractivity contribution in [3.05, 3.63) is 18.2 Å². The summed E-state index contributed by atoms with van der Waals surface area (Å²) in [6.07, 6.45) is 2.36. The van der Waals surface area contributed by atoms with E-state index >= 15 is 0 Å². The quantitative estimate of drug-likeness (QED) is 0.152. The third-order valence-electron chi connectivity index (χ3n) is 3.92. The smallest absolute Gasteiger partial charge is 0.326 e. The standard InChI is InChI=1S/C16H25N7O6S/c1-7(13(25)22-10(16(28)29)2-8-4-19-6-20-8)21-15(27)11(5-30)23-14(26)9(17)3-12(18)24/h4,6-7,9-11,30H,2-3,5,17H2,1H3,(H2,18,24)(H,19,20)(H,21,27)(H,22,25)(H,23,26)(H,28,29). The third-order valence-corrected chi connectivity index (χ3v) is 4.28. The summed E-state index contributed by atoms with van der Waals surface area (Å²) in [6, 6.07) is -4.74. The lowest BCUT2D eigenvalue weighted by molar-refractivity contribution is -0.142. The number of aromatic amines is 1. The van der Waals surface area contributed by atoms with Crippen molar-refractivity contribution in [2.75, 3.05) is 5.75 Å². The van der Waals surface area contributed by atoms with Gasteiger partial charge in [0.05, 0.1) is 18.8 Å². The second kappa shape index (κ2) is 11.8. The molecule has 0 saturated heterocycles. The van der Waals surface area contributed by atoms with E-state index in [1.165, 1.54) is 19.4 Å². The average Bonchev–Trinajstić information content (AvgIpc) is 3.17. The Balaban J connectivity index is 2.64. The summed E-state index contributed by atoms with van der Waals surface area (Å²) in [5.74, 6) is -4.44. The molecule has 1 aromatic rings. The number of nitrogens with zero attached hydrogens (tertiary/aromatic N) is 1. The van der Waals surface area contributed by atoms with Gasteiger partial charge < -0.3 is 37.5 Å². The highest BCUT2D eigenvalue weighted by atomic mass is 32.1. The molecule has 4 amide bonds. The Kier molecular flexibility index (Phi) is 9.77. The number of carboxylic acids is 1. The molecule has 30 heavy (non-hydrogen) atoms. The van der Waals surface area contributed by atoms with Gasteiger partial charge in [0.25, 0.3) is 0 Å². The molecule has 9 N–H and O–H groups in total. The first-order valence-electron chi connectivity index (χ1n) is 8.81. The largest absolute Gasteiger partial charge is 0.480 e. The molecule has 0 bridgehead atoms. The number of rotatable bonds is 12. The van der Waals surface area contributed by atoms with Gasteiger partial charge in [-0.25, -0.2) is 9.78 Å². The Labute approximate surface area is 177 Å². The van der Waals surface area contributed by atoms with Crippen molar-refractivity contribution in [3.63, 3.8) is 0 Å². The second-order valence-electron chi connectivity index (χ2n) is 6.43. The van der Waals surface area contributed by atoms with Gasteiger partial charge in [0.2, 0.25) is 23.6 Å². The number of thiol groups is 1. The Bertz CT molecular complexity index is 772. The van der Waals surface area contributed by atoms with Gasteiger partial charge in [-0.05, 0) is 6.92 Å². The van der Waals surface area contributed by atoms with Gasteiger partial charge in [-0.1, -0.05) is 0 Å². The molecule has 4 unspecified atom stereocenters. The minimum atomic E-state index is -1.26. The molecule has 0 aliphatic carbocycles. The van der Waals surface area contributed by atoms with E-state index in [1.54, 1.807) is 0 Å². The van der Waals surface area contributed by atoms with E-state index in [0.717, 1.165) is 0 Å². The predicted molar refractivity (Wildman–Crippen MR) is 107 cm³/mol. The van der Waals surface area contributed by atoms with Gasteiger partial charge in [-0.15, -0.1) is 0 Å². The monoisotopic (exact) mass is 443 g/mol. The molecule has 4 atom stereocenters. The lowest BCUT2D eigenvalue weighted by Gasteiger charge is -2.22. The number of amides is 4. The predicted octanol–water partition coefficient (Wildman–Crippen LogP) is -3.36. The highest BCUT2D eigenvalue weighted by molar-refractivity contribution is 7.80. The highest BCUT2D eigenvalue weighted by Crippen LogP contribution is 2.00. The Morgan fingerprint density at radius 2 is 1.77 bits per heavy atom. The number of nitrogens with one attached hydrogen (secondary N) is 4. The number of imidazole rings is 1. The van der Waals surface area contributed by atoms with Crippen LogP contribution in [0.3, 0.4) is 0 Å². The fourth-order valence-corrected chi connectivity index (χ4v) is 2.53. The first kappa shape index (κ1) is 24.9. The van der Waals surface area contributed by atoms with Gasteiger partial charge in [-0.3, -0.25) is 19.2 Å². The van der Waals surface area contributed by atoms with Crippen LogP contribution in [0, 0.1) is 0 Å². The molecule has 1 rings (SSSR count). The number of hydrogen-bond acceptors (Lipinski definition) is 8. The number of hydrogen-bond donors (Lipinski definition) is 8. The summed E-state index contributed by atoms with van der Waals surface area (Å²) in [5, 5.41) is 16.3. The van der Waals surface area contributed by atoms with Crippen molar-refractivity contribution < 1.29 is 29.1 Å². The molecule has 166 valence electrons. The Morgan fingerprint density at radius 1 is 1.13 bits per heavy atom. The van der Waals surface area contributed by atoms with Crippen LogP contribution in [0.25, 0.3) is 0 Å². The lowest BCUT2D eigenvalue weighted by Crippen LogP contribution is -2.57. The lowest BCUT2D eigenvalue weighted by atomic mass is 10.1. The first-order valence-corrected chi connectivity index (χ1v) is 9.44. The molecule has 0 aliphatic rings. The summed E-state index contributed by atoms with van der Waals surface area (Å²) in [7, 11) is 0. The third kappa shape index (κ3) is 8.08. The van der Waals surface area contributed by atoms with Gasteiger partial charge in [0.1, 0.15) is 18.1 Å². The van der Waals surface area contributed by atoms with Gasteiger partial charge in [0, 0.05) is 24.1 Å². The number of nitrogens with two attached hydrogens (primary N) is 2. The molecule has 1 aromatic heterocycles. The Morgan fingerprint density at radius 3 is 2.27 bits per heavy atom. The van der Waals surface area contributed by atoms with Crippen LogP contribution < -0.4 is 27.4 Å². The normalized spacial score (nSPS) is 14.6. The number of carboxylic acid groups (broad SMARTS) is 1. The topological polar surface area (TPSA) is 222 Å². The first-order chi connectivity index (χ1) is 14.0. The number of aliphatic carboxylic acids is 1. The molecule has 0 radical (unpaired) electrons.